The lowest BCUT2D eigenvalue weighted by Gasteiger charge is -2.08. The summed E-state index contributed by atoms with van der Waals surface area (Å²) in [7, 11) is 0. The van der Waals surface area contributed by atoms with Crippen LogP contribution in [-0.4, -0.2) is 18.5 Å². The van der Waals surface area contributed by atoms with Gasteiger partial charge in [0.15, 0.2) is 6.61 Å². The predicted molar refractivity (Wildman–Crippen MR) is 80.8 cm³/mol. The molecule has 6 heteroatoms. The number of carbonyl (C=O) groups is 2. The van der Waals surface area contributed by atoms with E-state index in [9.17, 15) is 18.4 Å². The van der Waals surface area contributed by atoms with Crippen molar-refractivity contribution >= 4 is 17.6 Å². The van der Waals surface area contributed by atoms with Gasteiger partial charge in [-0.3, -0.25) is 9.59 Å². The molecule has 23 heavy (non-hydrogen) atoms. The molecular formula is C17H15F2NO3. The molecule has 0 aliphatic carbocycles. The van der Waals surface area contributed by atoms with Gasteiger partial charge in [-0.25, -0.2) is 8.78 Å². The van der Waals surface area contributed by atoms with Gasteiger partial charge < -0.3 is 10.1 Å². The lowest BCUT2D eigenvalue weighted by atomic mass is 10.1. The third kappa shape index (κ3) is 5.18. The molecular weight excluding hydrogens is 304 g/mol. The number of nitrogens with one attached hydrogen (secondary N) is 1. The first-order chi connectivity index (χ1) is 10.9. The fourth-order valence-corrected chi connectivity index (χ4v) is 1.85. The van der Waals surface area contributed by atoms with Gasteiger partial charge in [0, 0.05) is 6.07 Å². The standard InChI is InChI=1S/C17H15F2NO3/c1-11-2-4-12(5-3-11)8-17(22)23-10-16(21)20-15-9-13(18)6-7-14(15)19/h2-7,9H,8,10H2,1H3,(H,20,21). The van der Waals surface area contributed by atoms with Crippen molar-refractivity contribution < 1.29 is 23.1 Å². The van der Waals surface area contributed by atoms with Crippen molar-refractivity contribution in [3.8, 4) is 0 Å². The second kappa shape index (κ2) is 7.49. The Balaban J connectivity index is 1.83. The molecule has 0 unspecified atom stereocenters. The number of benzene rings is 2. The zero-order chi connectivity index (χ0) is 16.8. The molecule has 0 aliphatic heterocycles. The molecule has 1 N–H and O–H groups in total. The largest absolute Gasteiger partial charge is 0.455 e. The summed E-state index contributed by atoms with van der Waals surface area (Å²) >= 11 is 0. The molecule has 2 rings (SSSR count). The van der Waals surface area contributed by atoms with Crippen LogP contribution in [0.3, 0.4) is 0 Å². The molecule has 1 amide bonds. The summed E-state index contributed by atoms with van der Waals surface area (Å²) in [6, 6.07) is 9.99. The van der Waals surface area contributed by atoms with Crippen LogP contribution >= 0.6 is 0 Å². The fraction of sp³-hybridized carbons (Fsp3) is 0.176. The van der Waals surface area contributed by atoms with Crippen molar-refractivity contribution in [1.29, 1.82) is 0 Å². The minimum atomic E-state index is -0.772. The van der Waals surface area contributed by atoms with Gasteiger partial charge in [0.1, 0.15) is 11.6 Å². The quantitative estimate of drug-likeness (QED) is 0.862. The van der Waals surface area contributed by atoms with Crippen LogP contribution in [0, 0.1) is 18.6 Å². The average molecular weight is 319 g/mol. The van der Waals surface area contributed by atoms with Crippen molar-refractivity contribution in [3.05, 3.63) is 65.2 Å². The Labute approximate surface area is 132 Å². The van der Waals surface area contributed by atoms with Gasteiger partial charge in [-0.15, -0.1) is 0 Å². The Morgan fingerprint density at radius 1 is 1.09 bits per heavy atom. The Morgan fingerprint density at radius 2 is 1.78 bits per heavy atom. The molecule has 2 aromatic carbocycles. The number of anilines is 1. The van der Waals surface area contributed by atoms with E-state index < -0.39 is 30.1 Å². The van der Waals surface area contributed by atoms with E-state index in [1.807, 2.05) is 19.1 Å². The number of halogens is 2. The summed E-state index contributed by atoms with van der Waals surface area (Å²) in [6.07, 6.45) is 0.0296. The van der Waals surface area contributed by atoms with Crippen LogP contribution in [-0.2, 0) is 20.7 Å². The third-order valence-electron chi connectivity index (χ3n) is 3.04. The summed E-state index contributed by atoms with van der Waals surface area (Å²) in [5, 5.41) is 2.15. The molecule has 0 fully saturated rings. The Kier molecular flexibility index (Phi) is 5.41. The van der Waals surface area contributed by atoms with Crippen molar-refractivity contribution in [2.45, 2.75) is 13.3 Å². The van der Waals surface area contributed by atoms with Gasteiger partial charge in [0.2, 0.25) is 0 Å². The van der Waals surface area contributed by atoms with Gasteiger partial charge in [-0.05, 0) is 24.6 Å². The molecule has 0 spiro atoms. The number of esters is 1. The second-order valence-electron chi connectivity index (χ2n) is 5.00. The SMILES string of the molecule is Cc1ccc(CC(=O)OCC(=O)Nc2cc(F)ccc2F)cc1. The Bertz CT molecular complexity index is 714. The van der Waals surface area contributed by atoms with Crippen LogP contribution < -0.4 is 5.32 Å². The van der Waals surface area contributed by atoms with E-state index in [0.717, 1.165) is 29.3 Å². The van der Waals surface area contributed by atoms with Crippen molar-refractivity contribution in [2.75, 3.05) is 11.9 Å². The highest BCUT2D eigenvalue weighted by Crippen LogP contribution is 2.15. The first kappa shape index (κ1) is 16.6. The highest BCUT2D eigenvalue weighted by atomic mass is 19.1. The van der Waals surface area contributed by atoms with Crippen LogP contribution in [0.15, 0.2) is 42.5 Å². The number of hydrogen-bond donors (Lipinski definition) is 1. The minimum Gasteiger partial charge on any atom is -0.455 e. The normalized spacial score (nSPS) is 10.2. The Morgan fingerprint density at radius 3 is 2.48 bits per heavy atom. The van der Waals surface area contributed by atoms with Gasteiger partial charge >= 0.3 is 5.97 Å². The molecule has 0 bridgehead atoms. The van der Waals surface area contributed by atoms with E-state index in [4.69, 9.17) is 4.74 Å². The topological polar surface area (TPSA) is 55.4 Å². The number of aryl methyl sites for hydroxylation is 1. The molecule has 0 radical (unpaired) electrons. The average Bonchev–Trinajstić information content (AvgIpc) is 2.51. The molecule has 0 atom stereocenters. The van der Waals surface area contributed by atoms with Crippen LogP contribution in [0.25, 0.3) is 0 Å². The summed E-state index contributed by atoms with van der Waals surface area (Å²) in [6.45, 7) is 1.36. The molecule has 0 saturated heterocycles. The van der Waals surface area contributed by atoms with Gasteiger partial charge in [0.25, 0.3) is 5.91 Å². The first-order valence-electron chi connectivity index (χ1n) is 6.90. The van der Waals surface area contributed by atoms with Gasteiger partial charge in [0.05, 0.1) is 12.1 Å². The van der Waals surface area contributed by atoms with E-state index in [2.05, 4.69) is 5.32 Å². The number of hydrogen-bond acceptors (Lipinski definition) is 3. The van der Waals surface area contributed by atoms with Gasteiger partial charge in [-0.2, -0.15) is 0 Å². The zero-order valence-corrected chi connectivity index (χ0v) is 12.4. The predicted octanol–water partition coefficient (Wildman–Crippen LogP) is 3.00. The maximum atomic E-state index is 13.4. The number of rotatable bonds is 5. The molecule has 120 valence electrons. The maximum absolute atomic E-state index is 13.4. The summed E-state index contributed by atoms with van der Waals surface area (Å²) < 4.78 is 31.2. The van der Waals surface area contributed by atoms with E-state index in [-0.39, 0.29) is 12.1 Å². The van der Waals surface area contributed by atoms with E-state index in [1.165, 1.54) is 0 Å². The van der Waals surface area contributed by atoms with E-state index in [0.29, 0.717) is 0 Å². The van der Waals surface area contributed by atoms with Crippen molar-refractivity contribution in [2.24, 2.45) is 0 Å². The van der Waals surface area contributed by atoms with Crippen LogP contribution in [0.1, 0.15) is 11.1 Å². The van der Waals surface area contributed by atoms with Crippen LogP contribution in [0.2, 0.25) is 0 Å². The van der Waals surface area contributed by atoms with Gasteiger partial charge in [-0.1, -0.05) is 29.8 Å². The smallest absolute Gasteiger partial charge is 0.310 e. The summed E-state index contributed by atoms with van der Waals surface area (Å²) in [4.78, 5) is 23.2. The minimum absolute atomic E-state index is 0.0296. The molecule has 0 saturated carbocycles. The second-order valence-corrected chi connectivity index (χ2v) is 5.00. The van der Waals surface area contributed by atoms with E-state index >= 15 is 0 Å². The molecule has 0 aliphatic rings. The summed E-state index contributed by atoms with van der Waals surface area (Å²) in [5.41, 5.74) is 1.53. The zero-order valence-electron chi connectivity index (χ0n) is 12.4. The third-order valence-corrected chi connectivity index (χ3v) is 3.04. The van der Waals surface area contributed by atoms with Crippen molar-refractivity contribution in [3.63, 3.8) is 0 Å². The monoisotopic (exact) mass is 319 g/mol. The van der Waals surface area contributed by atoms with Crippen LogP contribution in [0.5, 0.6) is 0 Å². The summed E-state index contributed by atoms with van der Waals surface area (Å²) in [5.74, 6) is -2.78. The Hall–Kier alpha value is -2.76. The highest BCUT2D eigenvalue weighted by Gasteiger charge is 2.11. The lowest BCUT2D eigenvalue weighted by Crippen LogP contribution is -2.22. The first-order valence-corrected chi connectivity index (χ1v) is 6.90. The van der Waals surface area contributed by atoms with E-state index in [1.54, 1.807) is 12.1 Å². The fourth-order valence-electron chi connectivity index (χ4n) is 1.85. The molecule has 2 aromatic rings. The number of ether oxygens (including phenoxy) is 1. The highest BCUT2D eigenvalue weighted by molar-refractivity contribution is 5.93. The molecule has 0 heterocycles. The molecule has 4 nitrogen and oxygen atoms in total. The lowest BCUT2D eigenvalue weighted by molar-refractivity contribution is -0.146. The number of carbonyl (C=O) groups excluding carboxylic acids is 2. The molecule has 0 aromatic heterocycles. The van der Waals surface area contributed by atoms with Crippen LogP contribution in [0.4, 0.5) is 14.5 Å². The van der Waals surface area contributed by atoms with Crippen molar-refractivity contribution in [1.82, 2.24) is 0 Å². The number of amides is 1. The maximum Gasteiger partial charge on any atom is 0.310 e.